The monoisotopic (exact) mass is 540 g/mol. The smallest absolute Gasteiger partial charge is 0.261 e. The fourth-order valence-electron chi connectivity index (χ4n) is 4.08. The van der Waals surface area contributed by atoms with Crippen LogP contribution in [0.1, 0.15) is 50.3 Å². The Morgan fingerprint density at radius 1 is 0.865 bits per heavy atom. The third-order valence-electron chi connectivity index (χ3n) is 5.93. The van der Waals surface area contributed by atoms with Crippen LogP contribution >= 0.6 is 23.2 Å². The van der Waals surface area contributed by atoms with Gasteiger partial charge in [-0.05, 0) is 54.7 Å². The van der Waals surface area contributed by atoms with E-state index in [0.29, 0.717) is 22.2 Å². The summed E-state index contributed by atoms with van der Waals surface area (Å²) in [4.78, 5) is 28.7. The molecule has 3 aromatic rings. The summed E-state index contributed by atoms with van der Waals surface area (Å²) < 4.78 is 6.01. The SMILES string of the molecule is CC(C)NC(=O)[C@H](Cc1ccccc1)N(Cc1ccc(Cl)c(Cl)c1)C(=O)COc1ccccc1C(C)C. The van der Waals surface area contributed by atoms with E-state index in [4.69, 9.17) is 27.9 Å². The second kappa shape index (κ2) is 13.5. The molecule has 0 saturated heterocycles. The molecule has 0 radical (unpaired) electrons. The molecule has 1 N–H and O–H groups in total. The van der Waals surface area contributed by atoms with Crippen LogP contribution in [0.25, 0.3) is 0 Å². The number of rotatable bonds is 11. The van der Waals surface area contributed by atoms with Crippen LogP contribution in [0.2, 0.25) is 10.0 Å². The van der Waals surface area contributed by atoms with Crippen LogP contribution in [0.4, 0.5) is 0 Å². The molecule has 0 aliphatic rings. The van der Waals surface area contributed by atoms with E-state index in [1.165, 1.54) is 0 Å². The summed E-state index contributed by atoms with van der Waals surface area (Å²) in [6, 6.07) is 21.7. The summed E-state index contributed by atoms with van der Waals surface area (Å²) in [5.74, 6) is 0.368. The highest BCUT2D eigenvalue weighted by molar-refractivity contribution is 6.42. The number of ether oxygens (including phenoxy) is 1. The first kappa shape index (κ1) is 28.5. The second-order valence-electron chi connectivity index (χ2n) is 9.62. The molecule has 7 heteroatoms. The molecule has 37 heavy (non-hydrogen) atoms. The van der Waals surface area contributed by atoms with Crippen LogP contribution in [0.3, 0.4) is 0 Å². The highest BCUT2D eigenvalue weighted by atomic mass is 35.5. The minimum absolute atomic E-state index is 0.0816. The number of carbonyl (C=O) groups is 2. The van der Waals surface area contributed by atoms with Crippen molar-refractivity contribution >= 4 is 35.0 Å². The Balaban J connectivity index is 1.95. The van der Waals surface area contributed by atoms with Crippen molar-refractivity contribution in [3.8, 4) is 5.75 Å². The average molecular weight is 542 g/mol. The van der Waals surface area contributed by atoms with Gasteiger partial charge in [-0.25, -0.2) is 0 Å². The van der Waals surface area contributed by atoms with E-state index in [9.17, 15) is 9.59 Å². The van der Waals surface area contributed by atoms with Gasteiger partial charge in [-0.2, -0.15) is 0 Å². The summed E-state index contributed by atoms with van der Waals surface area (Å²) in [5.41, 5.74) is 2.73. The number of nitrogens with one attached hydrogen (secondary N) is 1. The molecule has 0 aliphatic heterocycles. The number of para-hydroxylation sites is 1. The van der Waals surface area contributed by atoms with E-state index in [0.717, 1.165) is 16.7 Å². The second-order valence-corrected chi connectivity index (χ2v) is 10.4. The molecule has 3 rings (SSSR count). The zero-order chi connectivity index (χ0) is 26.9. The van der Waals surface area contributed by atoms with E-state index in [-0.39, 0.29) is 36.9 Å². The van der Waals surface area contributed by atoms with Crippen molar-refractivity contribution in [2.75, 3.05) is 6.61 Å². The molecule has 196 valence electrons. The normalized spacial score (nSPS) is 11.9. The first-order valence-electron chi connectivity index (χ1n) is 12.4. The predicted molar refractivity (Wildman–Crippen MR) is 150 cm³/mol. The van der Waals surface area contributed by atoms with Gasteiger partial charge in [-0.1, -0.05) is 91.6 Å². The quantitative estimate of drug-likeness (QED) is 0.295. The van der Waals surface area contributed by atoms with Crippen molar-refractivity contribution in [3.63, 3.8) is 0 Å². The van der Waals surface area contributed by atoms with Gasteiger partial charge in [-0.3, -0.25) is 9.59 Å². The molecule has 1 atom stereocenters. The van der Waals surface area contributed by atoms with Gasteiger partial charge in [0.1, 0.15) is 11.8 Å². The lowest BCUT2D eigenvalue weighted by Gasteiger charge is -2.32. The Kier molecular flexibility index (Phi) is 10.4. The van der Waals surface area contributed by atoms with Gasteiger partial charge in [0.25, 0.3) is 5.91 Å². The third-order valence-corrected chi connectivity index (χ3v) is 6.67. The molecule has 2 amide bonds. The van der Waals surface area contributed by atoms with E-state index in [1.807, 2.05) is 74.5 Å². The van der Waals surface area contributed by atoms with Crippen LogP contribution in [0.15, 0.2) is 72.8 Å². The highest BCUT2D eigenvalue weighted by Crippen LogP contribution is 2.27. The largest absolute Gasteiger partial charge is 0.483 e. The Morgan fingerprint density at radius 2 is 1.54 bits per heavy atom. The molecule has 0 spiro atoms. The number of benzene rings is 3. The van der Waals surface area contributed by atoms with Gasteiger partial charge >= 0.3 is 0 Å². The van der Waals surface area contributed by atoms with E-state index in [2.05, 4.69) is 19.2 Å². The number of nitrogens with zero attached hydrogens (tertiary/aromatic N) is 1. The molecule has 5 nitrogen and oxygen atoms in total. The Labute approximate surface area is 229 Å². The first-order valence-corrected chi connectivity index (χ1v) is 13.2. The van der Waals surface area contributed by atoms with Crippen LogP contribution in [-0.4, -0.2) is 35.4 Å². The van der Waals surface area contributed by atoms with Crippen LogP contribution in [0.5, 0.6) is 5.75 Å². The van der Waals surface area contributed by atoms with Crippen molar-refractivity contribution in [1.82, 2.24) is 10.2 Å². The molecule has 0 fully saturated rings. The zero-order valence-electron chi connectivity index (χ0n) is 21.7. The molecule has 0 bridgehead atoms. The van der Waals surface area contributed by atoms with E-state index in [1.54, 1.807) is 17.0 Å². The highest BCUT2D eigenvalue weighted by Gasteiger charge is 2.31. The van der Waals surface area contributed by atoms with Crippen molar-refractivity contribution in [1.29, 1.82) is 0 Å². The van der Waals surface area contributed by atoms with Gasteiger partial charge in [0, 0.05) is 19.0 Å². The van der Waals surface area contributed by atoms with Gasteiger partial charge < -0.3 is 15.0 Å². The lowest BCUT2D eigenvalue weighted by atomic mass is 10.0. The number of carbonyl (C=O) groups excluding carboxylic acids is 2. The van der Waals surface area contributed by atoms with Crippen molar-refractivity contribution in [2.24, 2.45) is 0 Å². The van der Waals surface area contributed by atoms with Gasteiger partial charge in [0.05, 0.1) is 10.0 Å². The van der Waals surface area contributed by atoms with Crippen LogP contribution in [-0.2, 0) is 22.6 Å². The number of hydrogen-bond donors (Lipinski definition) is 1. The molecule has 0 saturated carbocycles. The van der Waals surface area contributed by atoms with Gasteiger partial charge in [0.2, 0.25) is 5.91 Å². The predicted octanol–water partition coefficient (Wildman–Crippen LogP) is 6.66. The Morgan fingerprint density at radius 3 is 2.19 bits per heavy atom. The molecule has 0 heterocycles. The number of hydrogen-bond acceptors (Lipinski definition) is 3. The molecule has 0 unspecified atom stereocenters. The zero-order valence-corrected chi connectivity index (χ0v) is 23.2. The summed E-state index contributed by atoms with van der Waals surface area (Å²) in [7, 11) is 0. The Hall–Kier alpha value is -3.02. The minimum atomic E-state index is -0.754. The first-order chi connectivity index (χ1) is 17.7. The summed E-state index contributed by atoms with van der Waals surface area (Å²) in [6.45, 7) is 7.92. The molecule has 0 aromatic heterocycles. The number of amides is 2. The number of halogens is 2. The summed E-state index contributed by atoms with van der Waals surface area (Å²) in [5, 5.41) is 3.80. The van der Waals surface area contributed by atoms with Crippen molar-refractivity contribution < 1.29 is 14.3 Å². The summed E-state index contributed by atoms with van der Waals surface area (Å²) >= 11 is 12.4. The van der Waals surface area contributed by atoms with E-state index >= 15 is 0 Å². The van der Waals surface area contributed by atoms with E-state index < -0.39 is 6.04 Å². The molecule has 0 aliphatic carbocycles. The maximum atomic E-state index is 13.7. The van der Waals surface area contributed by atoms with Crippen LogP contribution < -0.4 is 10.1 Å². The standard InChI is InChI=1S/C30H34Cl2N2O3/c1-20(2)24-12-8-9-13-28(24)37-19-29(35)34(18-23-14-15-25(31)26(32)16-23)27(30(36)33-21(3)4)17-22-10-6-5-7-11-22/h5-16,20-21,27H,17-19H2,1-4H3,(H,33,36)/t27-/m0/s1. The summed E-state index contributed by atoms with van der Waals surface area (Å²) in [6.07, 6.45) is 0.356. The van der Waals surface area contributed by atoms with Gasteiger partial charge in [-0.15, -0.1) is 0 Å². The van der Waals surface area contributed by atoms with Crippen LogP contribution in [0, 0.1) is 0 Å². The minimum Gasteiger partial charge on any atom is -0.483 e. The fraction of sp³-hybridized carbons (Fsp3) is 0.333. The van der Waals surface area contributed by atoms with Crippen molar-refractivity contribution in [2.45, 2.75) is 58.7 Å². The third kappa shape index (κ3) is 8.24. The molecule has 3 aromatic carbocycles. The lowest BCUT2D eigenvalue weighted by Crippen LogP contribution is -2.52. The maximum Gasteiger partial charge on any atom is 0.261 e. The lowest BCUT2D eigenvalue weighted by molar-refractivity contribution is -0.143. The topological polar surface area (TPSA) is 58.6 Å². The Bertz CT molecular complexity index is 1200. The van der Waals surface area contributed by atoms with Gasteiger partial charge in [0.15, 0.2) is 6.61 Å². The average Bonchev–Trinajstić information content (AvgIpc) is 2.87. The van der Waals surface area contributed by atoms with Crippen molar-refractivity contribution in [3.05, 3.63) is 99.5 Å². The molecular formula is C30H34Cl2N2O3. The molecular weight excluding hydrogens is 507 g/mol. The maximum absolute atomic E-state index is 13.7. The fourth-order valence-corrected chi connectivity index (χ4v) is 4.40.